The van der Waals surface area contributed by atoms with E-state index in [0.717, 1.165) is 67.2 Å². The third-order valence-electron chi connectivity index (χ3n) is 6.99. The summed E-state index contributed by atoms with van der Waals surface area (Å²) >= 11 is 0. The number of hydrogen-bond donors (Lipinski definition) is 3. The molecule has 0 saturated carbocycles. The number of aromatic amines is 3. The first-order chi connectivity index (χ1) is 18.1. The number of benzene rings is 3. The van der Waals surface area contributed by atoms with E-state index in [1.165, 1.54) is 0 Å². The van der Waals surface area contributed by atoms with Crippen molar-refractivity contribution in [2.75, 3.05) is 0 Å². The van der Waals surface area contributed by atoms with Crippen LogP contribution in [0, 0.1) is 20.8 Å². The molecule has 0 aliphatic carbocycles. The van der Waals surface area contributed by atoms with E-state index in [2.05, 4.69) is 109 Å². The van der Waals surface area contributed by atoms with Crippen LogP contribution >= 0.6 is 0 Å². The normalized spacial score (nSPS) is 11.1. The molecule has 6 nitrogen and oxygen atoms in total. The van der Waals surface area contributed by atoms with E-state index in [0.29, 0.717) is 0 Å². The number of aryl methyl sites for hydroxylation is 3. The van der Waals surface area contributed by atoms with Crippen LogP contribution in [0.4, 0.5) is 0 Å². The minimum atomic E-state index is -0.170. The summed E-state index contributed by atoms with van der Waals surface area (Å²) in [5.74, 6) is 0. The topological polar surface area (TPSA) is 86.0 Å². The van der Waals surface area contributed by atoms with Gasteiger partial charge in [-0.15, -0.1) is 0 Å². The van der Waals surface area contributed by atoms with E-state index < -0.39 is 0 Å². The second kappa shape index (κ2) is 11.4. The molecule has 3 N–H and O–H groups in total. The molecule has 3 aromatic heterocycles. The van der Waals surface area contributed by atoms with Crippen molar-refractivity contribution in [1.82, 2.24) is 30.6 Å². The molecule has 0 unspecified atom stereocenters. The van der Waals surface area contributed by atoms with Gasteiger partial charge in [0.15, 0.2) is 0 Å². The zero-order valence-corrected chi connectivity index (χ0v) is 25.2. The maximum Gasteiger partial charge on any atom is 1.00 e. The predicted octanol–water partition coefficient (Wildman–Crippen LogP) is 1.30. The van der Waals surface area contributed by atoms with Crippen LogP contribution in [0.15, 0.2) is 91.0 Å². The summed E-state index contributed by atoms with van der Waals surface area (Å²) in [5.41, 5.74) is 12.4. The number of hydrogen-bond acceptors (Lipinski definition) is 3. The van der Waals surface area contributed by atoms with Crippen LogP contribution in [0.2, 0.25) is 0 Å². The Labute approximate surface area is 265 Å². The van der Waals surface area contributed by atoms with Crippen molar-refractivity contribution in [3.63, 3.8) is 0 Å². The molecule has 8 heteroatoms. The average molecular weight is 521 g/mol. The first kappa shape index (κ1) is 26.6. The van der Waals surface area contributed by atoms with Crippen molar-refractivity contribution in [2.45, 2.75) is 20.8 Å². The van der Waals surface area contributed by atoms with Crippen LogP contribution in [0.25, 0.3) is 33.8 Å². The molecule has 1 radical (unpaired) electrons. The molecule has 38 heavy (non-hydrogen) atoms. The van der Waals surface area contributed by atoms with Gasteiger partial charge >= 0.3 is 51.4 Å². The van der Waals surface area contributed by atoms with Gasteiger partial charge in [0, 0.05) is 0 Å². The summed E-state index contributed by atoms with van der Waals surface area (Å²) in [6.07, 6.45) is 0. The van der Waals surface area contributed by atoms with Crippen molar-refractivity contribution >= 4 is 23.1 Å². The number of H-pyrrole nitrogens is 3. The zero-order chi connectivity index (χ0) is 25.4. The number of nitrogens with zero attached hydrogens (tertiary/aromatic N) is 3. The summed E-state index contributed by atoms with van der Waals surface area (Å²) in [5, 5.41) is 24.3. The number of nitrogens with one attached hydrogen (secondary N) is 3. The van der Waals surface area contributed by atoms with Crippen LogP contribution in [-0.4, -0.2) is 37.3 Å². The van der Waals surface area contributed by atoms with E-state index >= 15 is 0 Å². The Hall–Kier alpha value is -3.01. The molecule has 0 aliphatic rings. The van der Waals surface area contributed by atoms with Gasteiger partial charge in [0.1, 0.15) is 0 Å². The molecular formula is C30H27BKN6. The van der Waals surface area contributed by atoms with E-state index in [1.807, 2.05) is 18.2 Å². The Morgan fingerprint density at radius 1 is 0.447 bits per heavy atom. The fourth-order valence-corrected chi connectivity index (χ4v) is 5.25. The largest absolute Gasteiger partial charge is 1.00 e. The smallest absolute Gasteiger partial charge is 0.286 e. The molecule has 0 spiro atoms. The van der Waals surface area contributed by atoms with E-state index in [4.69, 9.17) is 15.3 Å². The molecule has 0 aliphatic heterocycles. The summed E-state index contributed by atoms with van der Waals surface area (Å²) in [7, 11) is 0. The van der Waals surface area contributed by atoms with Gasteiger partial charge in [0.2, 0.25) is 0 Å². The summed E-state index contributed by atoms with van der Waals surface area (Å²) in [4.78, 5) is 0. The Balaban J connectivity index is 0.00000294. The monoisotopic (exact) mass is 521 g/mol. The van der Waals surface area contributed by atoms with Crippen LogP contribution in [0.3, 0.4) is 0 Å². The minimum Gasteiger partial charge on any atom is -0.286 e. The third-order valence-corrected chi connectivity index (χ3v) is 6.99. The standard InChI is InChI=1S/C30H27BN6.K/c1-19-25(28(35-32-19)22-13-7-4-8-14-22)31(26-20(2)33-36-29(26)23-15-9-5-10-16-23)27-21(3)34-37-30(27)24-17-11-6-12-18-24;/h4-18H,1-3H3,(H,32,35)(H,33,36)(H,34,37);/q-1;+1. The Morgan fingerprint density at radius 2 is 0.711 bits per heavy atom. The molecule has 3 heterocycles. The molecule has 3 aromatic carbocycles. The van der Waals surface area contributed by atoms with E-state index in [1.54, 1.807) is 0 Å². The van der Waals surface area contributed by atoms with E-state index in [-0.39, 0.29) is 58.1 Å². The van der Waals surface area contributed by atoms with Crippen molar-refractivity contribution in [3.05, 3.63) is 108 Å². The second-order valence-electron chi connectivity index (χ2n) is 9.36. The van der Waals surface area contributed by atoms with Gasteiger partial charge in [-0.3, -0.25) is 15.3 Å². The Morgan fingerprint density at radius 3 is 0.974 bits per heavy atom. The first-order valence-electron chi connectivity index (χ1n) is 12.4. The molecule has 0 saturated heterocycles. The number of aromatic nitrogens is 6. The van der Waals surface area contributed by atoms with Gasteiger partial charge in [-0.25, -0.2) is 0 Å². The van der Waals surface area contributed by atoms with Crippen molar-refractivity contribution in [2.24, 2.45) is 0 Å². The number of rotatable bonds is 6. The Kier molecular flexibility index (Phi) is 7.97. The van der Waals surface area contributed by atoms with Gasteiger partial charge in [0.25, 0.3) is 0 Å². The van der Waals surface area contributed by atoms with Crippen molar-refractivity contribution in [1.29, 1.82) is 0 Å². The summed E-state index contributed by atoms with van der Waals surface area (Å²) < 4.78 is 0. The van der Waals surface area contributed by atoms with E-state index in [9.17, 15) is 0 Å². The molecule has 0 amide bonds. The summed E-state index contributed by atoms with van der Waals surface area (Å²) in [6, 6.07) is 31.0. The molecule has 6 aromatic rings. The molecule has 0 bridgehead atoms. The van der Waals surface area contributed by atoms with Crippen molar-refractivity contribution in [3.8, 4) is 33.8 Å². The van der Waals surface area contributed by atoms with Crippen LogP contribution in [0.5, 0.6) is 0 Å². The minimum absolute atomic E-state index is 0. The second-order valence-corrected chi connectivity index (χ2v) is 9.36. The molecule has 0 atom stereocenters. The predicted molar refractivity (Wildman–Crippen MR) is 151 cm³/mol. The van der Waals surface area contributed by atoms with Gasteiger partial charge < -0.3 is 0 Å². The maximum atomic E-state index is 4.80. The Bertz CT molecular complexity index is 1460. The average Bonchev–Trinajstić information content (AvgIpc) is 3.64. The zero-order valence-electron chi connectivity index (χ0n) is 22.1. The quantitative estimate of drug-likeness (QED) is 0.289. The van der Waals surface area contributed by atoms with Gasteiger partial charge in [-0.05, 0) is 61.3 Å². The third kappa shape index (κ3) is 4.79. The molecular weight excluding hydrogens is 494 g/mol. The van der Waals surface area contributed by atoms with Crippen molar-refractivity contribution < 1.29 is 51.4 Å². The summed E-state index contributed by atoms with van der Waals surface area (Å²) in [6.45, 7) is 6.11. The van der Waals surface area contributed by atoms with Crippen LogP contribution in [0.1, 0.15) is 17.1 Å². The molecule has 0 fully saturated rings. The van der Waals surface area contributed by atoms with Gasteiger partial charge in [-0.2, -0.15) is 31.7 Å². The maximum absolute atomic E-state index is 4.80. The van der Waals surface area contributed by atoms with Crippen LogP contribution in [-0.2, 0) is 0 Å². The molecule has 181 valence electrons. The fraction of sp³-hybridized carbons (Fsp3) is 0.100. The SMILES string of the molecule is Cc1[nH]nc(-c2ccccc2)c1[B-](c1c(-c2ccccc2)n[nH]c1C)c1c(-c2ccccc2)n[nH]c1C.[K+]. The van der Waals surface area contributed by atoms with Gasteiger partial charge in [-0.1, -0.05) is 91.0 Å². The fourth-order valence-electron chi connectivity index (χ4n) is 5.25. The van der Waals surface area contributed by atoms with Gasteiger partial charge in [0.05, 0.1) is 17.1 Å². The first-order valence-corrected chi connectivity index (χ1v) is 12.4. The molecule has 6 rings (SSSR count). The van der Waals surface area contributed by atoms with Crippen LogP contribution < -0.4 is 67.8 Å².